The van der Waals surface area contributed by atoms with E-state index in [4.69, 9.17) is 0 Å². The Balaban J connectivity index is 3.13. The van der Waals surface area contributed by atoms with Gasteiger partial charge in [-0.2, -0.15) is 0 Å². The molecule has 0 aliphatic rings. The van der Waals surface area contributed by atoms with Crippen LogP contribution in [0.4, 0.5) is 5.69 Å². The number of nitrogens with one attached hydrogen (secondary N) is 1. The van der Waals surface area contributed by atoms with E-state index in [0.29, 0.717) is 12.1 Å². The fourth-order valence-electron chi connectivity index (χ4n) is 2.33. The van der Waals surface area contributed by atoms with Crippen molar-refractivity contribution in [2.45, 2.75) is 46.2 Å². The van der Waals surface area contributed by atoms with Gasteiger partial charge < -0.3 is 10.2 Å². The summed E-state index contributed by atoms with van der Waals surface area (Å²) in [4.78, 5) is 2.39. The van der Waals surface area contributed by atoms with Crippen LogP contribution in [0.25, 0.3) is 0 Å². The lowest BCUT2D eigenvalue weighted by molar-refractivity contribution is 0.567. The second-order valence-corrected chi connectivity index (χ2v) is 6.33. The number of nitrogens with zero attached hydrogens (tertiary/aromatic N) is 1. The lowest BCUT2D eigenvalue weighted by Crippen LogP contribution is -2.33. The molecule has 0 saturated carbocycles. The highest BCUT2D eigenvalue weighted by Crippen LogP contribution is 2.31. The number of anilines is 1. The summed E-state index contributed by atoms with van der Waals surface area (Å²) in [7, 11) is 0. The average molecular weight is 339 g/mol. The quantitative estimate of drug-likeness (QED) is 0.677. The van der Waals surface area contributed by atoms with Crippen molar-refractivity contribution in [3.8, 4) is 0 Å². The van der Waals surface area contributed by atoms with Crippen LogP contribution in [0.2, 0.25) is 0 Å². The van der Waals surface area contributed by atoms with Crippen LogP contribution in [-0.4, -0.2) is 19.1 Å². The van der Waals surface area contributed by atoms with Crippen LogP contribution >= 0.6 is 15.9 Å². The van der Waals surface area contributed by atoms with E-state index >= 15 is 0 Å². The summed E-state index contributed by atoms with van der Waals surface area (Å²) in [6.45, 7) is 14.7. The van der Waals surface area contributed by atoms with E-state index in [1.54, 1.807) is 0 Å². The van der Waals surface area contributed by atoms with Crippen LogP contribution in [0.5, 0.6) is 0 Å². The van der Waals surface area contributed by atoms with Crippen molar-refractivity contribution in [2.75, 3.05) is 18.0 Å². The molecule has 0 heterocycles. The zero-order chi connectivity index (χ0) is 15.1. The SMILES string of the molecule is C=CCN(c1cc(Br)ccc1C(C)NCCC)C(C)C. The molecule has 0 bridgehead atoms. The van der Waals surface area contributed by atoms with E-state index in [0.717, 1.165) is 24.0 Å². The molecule has 0 aliphatic heterocycles. The third-order valence-corrected chi connectivity index (χ3v) is 3.91. The highest BCUT2D eigenvalue weighted by Gasteiger charge is 2.17. The molecule has 0 saturated heterocycles. The summed E-state index contributed by atoms with van der Waals surface area (Å²) >= 11 is 3.59. The zero-order valence-electron chi connectivity index (χ0n) is 13.1. The van der Waals surface area contributed by atoms with Crippen LogP contribution in [-0.2, 0) is 0 Å². The van der Waals surface area contributed by atoms with Crippen molar-refractivity contribution in [3.05, 3.63) is 40.9 Å². The van der Waals surface area contributed by atoms with E-state index in [-0.39, 0.29) is 0 Å². The molecule has 112 valence electrons. The summed E-state index contributed by atoms with van der Waals surface area (Å²) in [6, 6.07) is 7.34. The van der Waals surface area contributed by atoms with Gasteiger partial charge in [0.1, 0.15) is 0 Å². The smallest absolute Gasteiger partial charge is 0.0431 e. The normalized spacial score (nSPS) is 12.5. The van der Waals surface area contributed by atoms with Crippen molar-refractivity contribution in [2.24, 2.45) is 0 Å². The predicted octanol–water partition coefficient (Wildman–Crippen LogP) is 4.91. The Hall–Kier alpha value is -0.800. The van der Waals surface area contributed by atoms with Crippen molar-refractivity contribution < 1.29 is 0 Å². The first-order valence-corrected chi connectivity index (χ1v) is 8.20. The van der Waals surface area contributed by atoms with Crippen LogP contribution in [0.15, 0.2) is 35.3 Å². The Morgan fingerprint density at radius 3 is 2.60 bits per heavy atom. The van der Waals surface area contributed by atoms with E-state index in [1.807, 2.05) is 6.08 Å². The van der Waals surface area contributed by atoms with Gasteiger partial charge in [0.2, 0.25) is 0 Å². The first-order valence-electron chi connectivity index (χ1n) is 7.41. The van der Waals surface area contributed by atoms with Gasteiger partial charge in [0, 0.05) is 28.8 Å². The maximum Gasteiger partial charge on any atom is 0.0431 e. The highest BCUT2D eigenvalue weighted by atomic mass is 79.9. The zero-order valence-corrected chi connectivity index (χ0v) is 14.7. The van der Waals surface area contributed by atoms with Gasteiger partial charge >= 0.3 is 0 Å². The molecule has 0 aromatic heterocycles. The molecule has 0 radical (unpaired) electrons. The maximum atomic E-state index is 3.89. The van der Waals surface area contributed by atoms with E-state index in [2.05, 4.69) is 78.6 Å². The molecular formula is C17H27BrN2. The molecule has 1 atom stereocenters. The Bertz CT molecular complexity index is 429. The number of rotatable bonds is 8. The molecule has 0 aliphatic carbocycles. The summed E-state index contributed by atoms with van der Waals surface area (Å²) < 4.78 is 1.12. The monoisotopic (exact) mass is 338 g/mol. The van der Waals surface area contributed by atoms with Gasteiger partial charge in [-0.05, 0) is 51.4 Å². The summed E-state index contributed by atoms with van der Waals surface area (Å²) in [5.41, 5.74) is 2.63. The second-order valence-electron chi connectivity index (χ2n) is 5.41. The topological polar surface area (TPSA) is 15.3 Å². The van der Waals surface area contributed by atoms with E-state index < -0.39 is 0 Å². The standard InChI is InChI=1S/C17H27BrN2/c1-6-10-19-14(5)16-9-8-15(18)12-17(16)20(11-7-2)13(3)4/h7-9,12-14,19H,2,6,10-11H2,1,3-5H3. The van der Waals surface area contributed by atoms with Gasteiger partial charge in [0.05, 0.1) is 0 Å². The Morgan fingerprint density at radius 2 is 2.05 bits per heavy atom. The Kier molecular flexibility index (Phi) is 7.31. The molecule has 2 nitrogen and oxygen atoms in total. The molecule has 1 aromatic rings. The molecule has 20 heavy (non-hydrogen) atoms. The highest BCUT2D eigenvalue weighted by molar-refractivity contribution is 9.10. The summed E-state index contributed by atoms with van der Waals surface area (Å²) in [5.74, 6) is 0. The molecule has 1 N–H and O–H groups in total. The summed E-state index contributed by atoms with van der Waals surface area (Å²) in [5, 5.41) is 3.58. The molecule has 1 unspecified atom stereocenters. The van der Waals surface area contributed by atoms with Crippen molar-refractivity contribution in [3.63, 3.8) is 0 Å². The fraction of sp³-hybridized carbons (Fsp3) is 0.529. The number of hydrogen-bond acceptors (Lipinski definition) is 2. The minimum Gasteiger partial charge on any atom is -0.365 e. The first-order chi connectivity index (χ1) is 9.51. The molecule has 1 rings (SSSR count). The van der Waals surface area contributed by atoms with E-state index in [1.165, 1.54) is 11.3 Å². The van der Waals surface area contributed by atoms with Gasteiger partial charge in [-0.3, -0.25) is 0 Å². The van der Waals surface area contributed by atoms with Gasteiger partial charge in [-0.25, -0.2) is 0 Å². The predicted molar refractivity (Wildman–Crippen MR) is 93.5 cm³/mol. The molecular weight excluding hydrogens is 312 g/mol. The Labute approximate surface area is 132 Å². The first kappa shape index (κ1) is 17.3. The molecule has 0 spiro atoms. The number of benzene rings is 1. The van der Waals surface area contributed by atoms with Crippen molar-refractivity contribution >= 4 is 21.6 Å². The van der Waals surface area contributed by atoms with Crippen LogP contribution in [0.1, 0.15) is 45.7 Å². The second kappa shape index (κ2) is 8.48. The van der Waals surface area contributed by atoms with Crippen molar-refractivity contribution in [1.29, 1.82) is 0 Å². The maximum absolute atomic E-state index is 3.89. The van der Waals surface area contributed by atoms with Crippen LogP contribution < -0.4 is 10.2 Å². The Morgan fingerprint density at radius 1 is 1.35 bits per heavy atom. The van der Waals surface area contributed by atoms with E-state index in [9.17, 15) is 0 Å². The third-order valence-electron chi connectivity index (χ3n) is 3.42. The third kappa shape index (κ3) is 4.64. The average Bonchev–Trinajstić information content (AvgIpc) is 2.41. The van der Waals surface area contributed by atoms with Gasteiger partial charge in [-0.1, -0.05) is 35.0 Å². The lowest BCUT2D eigenvalue weighted by Gasteiger charge is -2.32. The molecule has 3 heteroatoms. The molecule has 0 amide bonds. The van der Waals surface area contributed by atoms with Gasteiger partial charge in [0.25, 0.3) is 0 Å². The molecule has 0 fully saturated rings. The number of hydrogen-bond donors (Lipinski definition) is 1. The number of halogens is 1. The minimum atomic E-state index is 0.351. The minimum absolute atomic E-state index is 0.351. The largest absolute Gasteiger partial charge is 0.365 e. The van der Waals surface area contributed by atoms with Gasteiger partial charge in [-0.15, -0.1) is 6.58 Å². The molecule has 1 aromatic carbocycles. The van der Waals surface area contributed by atoms with Crippen LogP contribution in [0.3, 0.4) is 0 Å². The summed E-state index contributed by atoms with van der Waals surface area (Å²) in [6.07, 6.45) is 3.12. The van der Waals surface area contributed by atoms with Crippen molar-refractivity contribution in [1.82, 2.24) is 5.32 Å². The lowest BCUT2D eigenvalue weighted by atomic mass is 10.0. The fourth-order valence-corrected chi connectivity index (χ4v) is 2.68. The van der Waals surface area contributed by atoms with Gasteiger partial charge in [0.15, 0.2) is 0 Å². The van der Waals surface area contributed by atoms with Crippen LogP contribution in [0, 0.1) is 0 Å².